The van der Waals surface area contributed by atoms with Crippen molar-refractivity contribution in [3.8, 4) is 0 Å². The van der Waals surface area contributed by atoms with Gasteiger partial charge in [-0.25, -0.2) is 0 Å². The molecule has 82 valence electrons. The van der Waals surface area contributed by atoms with E-state index in [0.717, 1.165) is 24.6 Å². The van der Waals surface area contributed by atoms with Gasteiger partial charge in [0.15, 0.2) is 0 Å². The molecular formula is C10H20N2OS. The fourth-order valence-electron chi connectivity index (χ4n) is 1.27. The largest absolute Gasteiger partial charge is 0.340 e. The minimum atomic E-state index is 0.0280. The Morgan fingerprint density at radius 2 is 1.93 bits per heavy atom. The zero-order chi connectivity index (χ0) is 10.6. The van der Waals surface area contributed by atoms with E-state index in [0.29, 0.717) is 6.54 Å². The number of thioether (sulfide) groups is 1. The lowest BCUT2D eigenvalue weighted by Crippen LogP contribution is -2.47. The normalized spacial score (nSPS) is 18.4. The molecule has 0 aliphatic carbocycles. The number of nitrogens with zero attached hydrogens (tertiary/aromatic N) is 1. The molecule has 0 aromatic carbocycles. The van der Waals surface area contributed by atoms with E-state index in [1.165, 1.54) is 0 Å². The molecule has 1 rings (SSSR count). The first-order valence-corrected chi connectivity index (χ1v) is 6.25. The van der Waals surface area contributed by atoms with E-state index in [1.54, 1.807) is 0 Å². The third kappa shape index (κ3) is 4.33. The summed E-state index contributed by atoms with van der Waals surface area (Å²) in [5.74, 6) is 2.41. The smallest absolute Gasteiger partial charge is 0.236 e. The van der Waals surface area contributed by atoms with E-state index in [2.05, 4.69) is 26.1 Å². The Bertz CT molecular complexity index is 195. The standard InChI is InChI=1S/C10H20N2OS/c1-10(2,3)11-8-9(13)12-4-6-14-7-5-12/h11H,4-8H2,1-3H3. The minimum Gasteiger partial charge on any atom is -0.340 e. The highest BCUT2D eigenvalue weighted by Gasteiger charge is 2.18. The van der Waals surface area contributed by atoms with Crippen LogP contribution in [0.25, 0.3) is 0 Å². The van der Waals surface area contributed by atoms with Gasteiger partial charge in [-0.1, -0.05) is 0 Å². The van der Waals surface area contributed by atoms with Gasteiger partial charge in [-0.05, 0) is 20.8 Å². The van der Waals surface area contributed by atoms with Crippen molar-refractivity contribution in [2.45, 2.75) is 26.3 Å². The van der Waals surface area contributed by atoms with Crippen molar-refractivity contribution in [1.29, 1.82) is 0 Å². The van der Waals surface area contributed by atoms with Gasteiger partial charge >= 0.3 is 0 Å². The number of carbonyl (C=O) groups is 1. The molecule has 0 atom stereocenters. The van der Waals surface area contributed by atoms with Crippen molar-refractivity contribution in [3.05, 3.63) is 0 Å². The van der Waals surface area contributed by atoms with Crippen molar-refractivity contribution in [2.75, 3.05) is 31.1 Å². The average Bonchev–Trinajstić information content (AvgIpc) is 2.14. The van der Waals surface area contributed by atoms with Crippen LogP contribution in [0.5, 0.6) is 0 Å². The van der Waals surface area contributed by atoms with Gasteiger partial charge in [-0.2, -0.15) is 11.8 Å². The van der Waals surface area contributed by atoms with Crippen LogP contribution in [0.2, 0.25) is 0 Å². The van der Waals surface area contributed by atoms with Crippen LogP contribution in [0.3, 0.4) is 0 Å². The first-order chi connectivity index (χ1) is 6.49. The van der Waals surface area contributed by atoms with Crippen LogP contribution in [0.15, 0.2) is 0 Å². The van der Waals surface area contributed by atoms with Crippen molar-refractivity contribution in [2.24, 2.45) is 0 Å². The predicted octanol–water partition coefficient (Wildman–Crippen LogP) is 0.950. The van der Waals surface area contributed by atoms with Gasteiger partial charge in [0.2, 0.25) is 5.91 Å². The Labute approximate surface area is 90.6 Å². The van der Waals surface area contributed by atoms with Crippen LogP contribution < -0.4 is 5.32 Å². The molecule has 1 heterocycles. The second-order valence-electron chi connectivity index (χ2n) is 4.60. The van der Waals surface area contributed by atoms with Gasteiger partial charge in [0, 0.05) is 30.1 Å². The molecule has 1 aliphatic heterocycles. The topological polar surface area (TPSA) is 32.3 Å². The SMILES string of the molecule is CC(C)(C)NCC(=O)N1CCSCC1. The molecule has 0 spiro atoms. The number of hydrogen-bond acceptors (Lipinski definition) is 3. The quantitative estimate of drug-likeness (QED) is 0.746. The van der Waals surface area contributed by atoms with Gasteiger partial charge in [0.05, 0.1) is 6.54 Å². The third-order valence-corrected chi connectivity index (χ3v) is 3.08. The molecule has 1 aliphatic rings. The Morgan fingerprint density at radius 3 is 2.43 bits per heavy atom. The molecule has 1 amide bonds. The van der Waals surface area contributed by atoms with Crippen LogP contribution in [-0.2, 0) is 4.79 Å². The molecule has 1 N–H and O–H groups in total. The molecule has 3 nitrogen and oxygen atoms in total. The maximum atomic E-state index is 11.7. The highest BCUT2D eigenvalue weighted by Crippen LogP contribution is 2.09. The van der Waals surface area contributed by atoms with Crippen molar-refractivity contribution >= 4 is 17.7 Å². The highest BCUT2D eigenvalue weighted by atomic mass is 32.2. The average molecular weight is 216 g/mol. The lowest BCUT2D eigenvalue weighted by molar-refractivity contribution is -0.130. The van der Waals surface area contributed by atoms with Gasteiger partial charge in [0.1, 0.15) is 0 Å². The van der Waals surface area contributed by atoms with Gasteiger partial charge in [-0.15, -0.1) is 0 Å². The molecule has 0 aromatic rings. The number of hydrogen-bond donors (Lipinski definition) is 1. The zero-order valence-electron chi connectivity index (χ0n) is 9.30. The summed E-state index contributed by atoms with van der Waals surface area (Å²) in [5, 5.41) is 3.22. The summed E-state index contributed by atoms with van der Waals surface area (Å²) in [7, 11) is 0. The van der Waals surface area contributed by atoms with E-state index in [4.69, 9.17) is 0 Å². The first kappa shape index (κ1) is 11.9. The van der Waals surface area contributed by atoms with E-state index in [-0.39, 0.29) is 11.4 Å². The summed E-state index contributed by atoms with van der Waals surface area (Å²) in [6.07, 6.45) is 0. The Balaban J connectivity index is 2.27. The maximum Gasteiger partial charge on any atom is 0.236 e. The monoisotopic (exact) mass is 216 g/mol. The lowest BCUT2D eigenvalue weighted by atomic mass is 10.1. The maximum absolute atomic E-state index is 11.7. The van der Waals surface area contributed by atoms with Crippen LogP contribution >= 0.6 is 11.8 Å². The van der Waals surface area contributed by atoms with E-state index in [9.17, 15) is 4.79 Å². The van der Waals surface area contributed by atoms with Crippen LogP contribution in [-0.4, -0.2) is 47.5 Å². The summed E-state index contributed by atoms with van der Waals surface area (Å²) in [5.41, 5.74) is 0.0280. The number of amides is 1. The fourth-order valence-corrected chi connectivity index (χ4v) is 2.17. The van der Waals surface area contributed by atoms with Crippen LogP contribution in [0.4, 0.5) is 0 Å². The summed E-state index contributed by atoms with van der Waals surface area (Å²) >= 11 is 1.93. The summed E-state index contributed by atoms with van der Waals surface area (Å²) in [6, 6.07) is 0. The van der Waals surface area contributed by atoms with Crippen LogP contribution in [0, 0.1) is 0 Å². The Morgan fingerprint density at radius 1 is 1.36 bits per heavy atom. The molecule has 1 fully saturated rings. The van der Waals surface area contributed by atoms with Crippen molar-refractivity contribution in [1.82, 2.24) is 10.2 Å². The molecule has 4 heteroatoms. The summed E-state index contributed by atoms with van der Waals surface area (Å²) in [4.78, 5) is 13.7. The first-order valence-electron chi connectivity index (χ1n) is 5.09. The molecule has 14 heavy (non-hydrogen) atoms. The molecule has 0 saturated carbocycles. The number of rotatable bonds is 2. The summed E-state index contributed by atoms with van der Waals surface area (Å²) in [6.45, 7) is 8.52. The summed E-state index contributed by atoms with van der Waals surface area (Å²) < 4.78 is 0. The highest BCUT2D eigenvalue weighted by molar-refractivity contribution is 7.99. The second-order valence-corrected chi connectivity index (χ2v) is 5.82. The van der Waals surface area contributed by atoms with Gasteiger partial charge in [0.25, 0.3) is 0 Å². The lowest BCUT2D eigenvalue weighted by Gasteiger charge is -2.28. The molecule has 0 bridgehead atoms. The van der Waals surface area contributed by atoms with E-state index >= 15 is 0 Å². The molecular weight excluding hydrogens is 196 g/mol. The van der Waals surface area contributed by atoms with E-state index in [1.807, 2.05) is 16.7 Å². The van der Waals surface area contributed by atoms with E-state index < -0.39 is 0 Å². The van der Waals surface area contributed by atoms with Crippen molar-refractivity contribution in [3.63, 3.8) is 0 Å². The number of nitrogens with one attached hydrogen (secondary N) is 1. The second kappa shape index (κ2) is 5.03. The van der Waals surface area contributed by atoms with Crippen molar-refractivity contribution < 1.29 is 4.79 Å². The van der Waals surface area contributed by atoms with Crippen LogP contribution in [0.1, 0.15) is 20.8 Å². The Hall–Kier alpha value is -0.220. The fraction of sp³-hybridized carbons (Fsp3) is 0.900. The van der Waals surface area contributed by atoms with Gasteiger partial charge in [-0.3, -0.25) is 4.79 Å². The molecule has 0 radical (unpaired) electrons. The molecule has 0 unspecified atom stereocenters. The predicted molar refractivity (Wildman–Crippen MR) is 61.7 cm³/mol. The van der Waals surface area contributed by atoms with Gasteiger partial charge < -0.3 is 10.2 Å². The molecule has 0 aromatic heterocycles. The minimum absolute atomic E-state index is 0.0280. The molecule has 1 saturated heterocycles. The third-order valence-electron chi connectivity index (χ3n) is 2.13. The zero-order valence-corrected chi connectivity index (χ0v) is 10.1. The Kier molecular flexibility index (Phi) is 4.26. The number of carbonyl (C=O) groups excluding carboxylic acids is 1.